The van der Waals surface area contributed by atoms with Gasteiger partial charge in [0.05, 0.1) is 28.3 Å². The van der Waals surface area contributed by atoms with Crippen LogP contribution in [-0.2, 0) is 19.7 Å². The molecule has 2 amide bonds. The lowest BCUT2D eigenvalue weighted by Gasteiger charge is -2.24. The molecular formula is C24H26Cl2N4O6S. The molecule has 0 fully saturated rings. The zero-order valence-electron chi connectivity index (χ0n) is 20.3. The molecule has 1 heterocycles. The van der Waals surface area contributed by atoms with E-state index >= 15 is 0 Å². The Bertz CT molecular complexity index is 1470. The molecule has 0 radical (unpaired) electrons. The van der Waals surface area contributed by atoms with Crippen molar-refractivity contribution >= 4 is 62.1 Å². The van der Waals surface area contributed by atoms with Crippen LogP contribution in [0.2, 0.25) is 10.0 Å². The van der Waals surface area contributed by atoms with E-state index in [1.807, 2.05) is 0 Å². The fourth-order valence-corrected chi connectivity index (χ4v) is 5.14. The van der Waals surface area contributed by atoms with Crippen molar-refractivity contribution in [2.75, 3.05) is 13.2 Å². The molecule has 1 atom stereocenters. The molecule has 37 heavy (non-hydrogen) atoms. The summed E-state index contributed by atoms with van der Waals surface area (Å²) >= 11 is 12.5. The number of aryl methyl sites for hydroxylation is 1. The molecule has 2 aromatic carbocycles. The van der Waals surface area contributed by atoms with E-state index in [-0.39, 0.29) is 30.8 Å². The third-order valence-corrected chi connectivity index (χ3v) is 7.57. The molecule has 0 aliphatic heterocycles. The maximum Gasteiger partial charge on any atom is 0.338 e. The van der Waals surface area contributed by atoms with Gasteiger partial charge in [-0.25, -0.2) is 14.2 Å². The highest BCUT2D eigenvalue weighted by molar-refractivity contribution is 7.87. The predicted molar refractivity (Wildman–Crippen MR) is 141 cm³/mol. The average molecular weight is 569 g/mol. The number of H-pyrrole nitrogens is 1. The number of hydrogen-bond acceptors (Lipinski definition) is 6. The number of rotatable bonds is 9. The van der Waals surface area contributed by atoms with E-state index in [4.69, 9.17) is 33.1 Å². The Morgan fingerprint density at radius 2 is 1.89 bits per heavy atom. The summed E-state index contributed by atoms with van der Waals surface area (Å²) in [6, 6.07) is 8.86. The van der Waals surface area contributed by atoms with Crippen molar-refractivity contribution in [1.29, 1.82) is 0 Å². The number of halogens is 2. The summed E-state index contributed by atoms with van der Waals surface area (Å²) < 4.78 is 29.3. The molecule has 0 saturated heterocycles. The number of amides is 2. The van der Waals surface area contributed by atoms with Gasteiger partial charge in [-0.3, -0.25) is 9.59 Å². The van der Waals surface area contributed by atoms with Crippen LogP contribution in [0.25, 0.3) is 10.9 Å². The first-order valence-corrected chi connectivity index (χ1v) is 13.5. The van der Waals surface area contributed by atoms with Crippen molar-refractivity contribution in [2.24, 2.45) is 5.14 Å². The van der Waals surface area contributed by atoms with E-state index < -0.39 is 34.0 Å². The van der Waals surface area contributed by atoms with Crippen molar-refractivity contribution in [3.63, 3.8) is 0 Å². The zero-order chi connectivity index (χ0) is 27.5. The summed E-state index contributed by atoms with van der Waals surface area (Å²) in [5.41, 5.74) is 2.13. The van der Waals surface area contributed by atoms with Gasteiger partial charge >= 0.3 is 16.2 Å². The van der Waals surface area contributed by atoms with E-state index in [0.29, 0.717) is 36.4 Å². The summed E-state index contributed by atoms with van der Waals surface area (Å²) in [5, 5.41) is 9.28. The van der Waals surface area contributed by atoms with Gasteiger partial charge in [0.25, 0.3) is 5.91 Å². The van der Waals surface area contributed by atoms with Gasteiger partial charge in [0.15, 0.2) is 0 Å². The topological polar surface area (TPSA) is 152 Å². The minimum atomic E-state index is -4.32. The van der Waals surface area contributed by atoms with Crippen LogP contribution in [0.4, 0.5) is 0 Å². The third-order valence-electron chi connectivity index (χ3n) is 5.72. The SMILES string of the molecule is CCOC(=O)c1cccc(C(CCN(C(C)=O)S(N)(=O)=O)NC(=O)c2[nH]c3ccc(Cl)c(Cl)c3c2C)c1. The lowest BCUT2D eigenvalue weighted by molar-refractivity contribution is -0.124. The van der Waals surface area contributed by atoms with Crippen molar-refractivity contribution in [3.8, 4) is 0 Å². The number of nitrogens with one attached hydrogen (secondary N) is 2. The molecule has 0 spiro atoms. The average Bonchev–Trinajstić information content (AvgIpc) is 3.17. The van der Waals surface area contributed by atoms with Crippen LogP contribution < -0.4 is 10.5 Å². The highest BCUT2D eigenvalue weighted by Crippen LogP contribution is 2.34. The van der Waals surface area contributed by atoms with E-state index in [2.05, 4.69) is 10.3 Å². The first-order valence-electron chi connectivity index (χ1n) is 11.2. The quantitative estimate of drug-likeness (QED) is 0.333. The van der Waals surface area contributed by atoms with Gasteiger partial charge in [-0.1, -0.05) is 35.3 Å². The zero-order valence-corrected chi connectivity index (χ0v) is 22.6. The van der Waals surface area contributed by atoms with Gasteiger partial charge in [-0.05, 0) is 55.7 Å². The number of aromatic nitrogens is 1. The fraction of sp³-hybridized carbons (Fsp3) is 0.292. The molecule has 3 rings (SSSR count). The van der Waals surface area contributed by atoms with E-state index in [1.165, 1.54) is 6.07 Å². The van der Waals surface area contributed by atoms with Crippen LogP contribution in [0, 0.1) is 6.92 Å². The first kappa shape index (κ1) is 28.5. The Balaban J connectivity index is 1.99. The highest BCUT2D eigenvalue weighted by Gasteiger charge is 2.26. The second-order valence-corrected chi connectivity index (χ2v) is 10.5. The smallest absolute Gasteiger partial charge is 0.338 e. The minimum Gasteiger partial charge on any atom is -0.462 e. The summed E-state index contributed by atoms with van der Waals surface area (Å²) in [6.07, 6.45) is -0.0279. The summed E-state index contributed by atoms with van der Waals surface area (Å²) in [5.74, 6) is -1.84. The van der Waals surface area contributed by atoms with Crippen LogP contribution in [0.5, 0.6) is 0 Å². The summed E-state index contributed by atoms with van der Waals surface area (Å²) in [6.45, 7) is 4.33. The van der Waals surface area contributed by atoms with Crippen LogP contribution in [0.15, 0.2) is 36.4 Å². The standard InChI is InChI=1S/C24H26Cl2N4O6S/c1-4-36-24(33)16-7-5-6-15(12-16)18(10-11-30(14(3)31)37(27,34)35)29-23(32)22-13(2)20-19(28-22)9-8-17(25)21(20)26/h5-9,12,18,28H,4,10-11H2,1-3H3,(H,29,32)(H2,27,34,35). The molecule has 1 unspecified atom stereocenters. The molecule has 198 valence electrons. The molecule has 3 aromatic rings. The molecule has 13 heteroatoms. The molecule has 0 aliphatic rings. The number of esters is 1. The van der Waals surface area contributed by atoms with E-state index in [1.54, 1.807) is 44.2 Å². The second-order valence-electron chi connectivity index (χ2n) is 8.21. The second kappa shape index (κ2) is 11.5. The number of carbonyl (C=O) groups is 3. The molecule has 0 aliphatic carbocycles. The van der Waals surface area contributed by atoms with Gasteiger partial charge < -0.3 is 15.0 Å². The normalized spacial score (nSPS) is 12.3. The van der Waals surface area contributed by atoms with Crippen molar-refractivity contribution in [3.05, 3.63) is 68.8 Å². The van der Waals surface area contributed by atoms with Gasteiger partial charge in [0.2, 0.25) is 5.91 Å². The van der Waals surface area contributed by atoms with E-state index in [9.17, 15) is 22.8 Å². The fourth-order valence-electron chi connectivity index (χ4n) is 3.96. The van der Waals surface area contributed by atoms with Crippen molar-refractivity contribution < 1.29 is 27.5 Å². The number of fused-ring (bicyclic) bond motifs is 1. The van der Waals surface area contributed by atoms with Crippen molar-refractivity contribution in [1.82, 2.24) is 14.6 Å². The minimum absolute atomic E-state index is 0.0279. The number of aromatic amines is 1. The number of benzene rings is 2. The molecule has 0 saturated carbocycles. The maximum atomic E-state index is 13.4. The van der Waals surface area contributed by atoms with Crippen LogP contribution in [0.3, 0.4) is 0 Å². The van der Waals surface area contributed by atoms with Crippen LogP contribution in [0.1, 0.15) is 58.3 Å². The largest absolute Gasteiger partial charge is 0.462 e. The summed E-state index contributed by atoms with van der Waals surface area (Å²) in [4.78, 5) is 40.6. The van der Waals surface area contributed by atoms with Crippen LogP contribution >= 0.6 is 23.2 Å². The van der Waals surface area contributed by atoms with Crippen LogP contribution in [-0.4, -0.2) is 48.6 Å². The number of hydrogen-bond donors (Lipinski definition) is 3. The van der Waals surface area contributed by atoms with Gasteiger partial charge in [0.1, 0.15) is 5.69 Å². The van der Waals surface area contributed by atoms with Gasteiger partial charge in [0, 0.05) is 24.4 Å². The van der Waals surface area contributed by atoms with Crippen molar-refractivity contribution in [2.45, 2.75) is 33.2 Å². The molecular weight excluding hydrogens is 543 g/mol. The first-order chi connectivity index (χ1) is 17.3. The molecule has 10 nitrogen and oxygen atoms in total. The lowest BCUT2D eigenvalue weighted by Crippen LogP contribution is -2.42. The summed E-state index contributed by atoms with van der Waals surface area (Å²) in [7, 11) is -4.32. The Kier molecular flexibility index (Phi) is 8.85. The Morgan fingerprint density at radius 1 is 1.19 bits per heavy atom. The molecule has 4 N–H and O–H groups in total. The Hall–Kier alpha value is -3.12. The predicted octanol–water partition coefficient (Wildman–Crippen LogP) is 3.87. The van der Waals surface area contributed by atoms with E-state index in [0.717, 1.165) is 6.92 Å². The van der Waals surface area contributed by atoms with Gasteiger partial charge in [-0.15, -0.1) is 0 Å². The number of ether oxygens (including phenoxy) is 1. The third kappa shape index (κ3) is 6.42. The monoisotopic (exact) mass is 568 g/mol. The molecule has 0 bridgehead atoms. The maximum absolute atomic E-state index is 13.4. The lowest BCUT2D eigenvalue weighted by atomic mass is 10.0. The number of carbonyl (C=O) groups excluding carboxylic acids is 3. The number of nitrogens with zero attached hydrogens (tertiary/aromatic N) is 1. The Labute approximate surface area is 224 Å². The Morgan fingerprint density at radius 3 is 2.51 bits per heavy atom. The molecule has 1 aromatic heterocycles. The number of nitrogens with two attached hydrogens (primary N) is 1. The van der Waals surface area contributed by atoms with Gasteiger partial charge in [-0.2, -0.15) is 8.42 Å². The highest BCUT2D eigenvalue weighted by atomic mass is 35.5.